The van der Waals surface area contributed by atoms with Gasteiger partial charge in [0.2, 0.25) is 0 Å². The van der Waals surface area contributed by atoms with Gasteiger partial charge in [0.15, 0.2) is 0 Å². The molecular formula is C16H14FN5O. The van der Waals surface area contributed by atoms with Gasteiger partial charge in [-0.2, -0.15) is 5.10 Å². The zero-order valence-electron chi connectivity index (χ0n) is 12.4. The normalized spacial score (nSPS) is 10.5. The van der Waals surface area contributed by atoms with E-state index >= 15 is 0 Å². The van der Waals surface area contributed by atoms with Crippen molar-refractivity contribution in [2.45, 2.75) is 6.54 Å². The van der Waals surface area contributed by atoms with Crippen LogP contribution < -0.4 is 5.32 Å². The van der Waals surface area contributed by atoms with Crippen LogP contribution in [-0.2, 0) is 13.6 Å². The number of halogens is 1. The van der Waals surface area contributed by atoms with E-state index in [-0.39, 0.29) is 12.1 Å². The number of rotatable bonds is 4. The number of hydrogen-bond acceptors (Lipinski definition) is 4. The van der Waals surface area contributed by atoms with E-state index in [1.807, 2.05) is 19.3 Å². The van der Waals surface area contributed by atoms with E-state index in [0.717, 1.165) is 29.1 Å². The molecule has 0 aliphatic carbocycles. The molecule has 6 nitrogen and oxygen atoms in total. The van der Waals surface area contributed by atoms with Crippen LogP contribution in [0, 0.1) is 5.82 Å². The molecule has 3 rings (SSSR count). The maximum absolute atomic E-state index is 13.1. The first-order valence-corrected chi connectivity index (χ1v) is 6.95. The molecule has 0 saturated carbocycles. The number of carbonyl (C=O) groups excluding carboxylic acids is 1. The Labute approximate surface area is 132 Å². The number of carbonyl (C=O) groups is 1. The van der Waals surface area contributed by atoms with Gasteiger partial charge in [-0.05, 0) is 17.7 Å². The van der Waals surface area contributed by atoms with Gasteiger partial charge in [-0.15, -0.1) is 0 Å². The van der Waals surface area contributed by atoms with Gasteiger partial charge < -0.3 is 5.32 Å². The highest BCUT2D eigenvalue weighted by Gasteiger charge is 2.11. The minimum absolute atomic E-state index is 0.178. The minimum Gasteiger partial charge on any atom is -0.348 e. The Balaban J connectivity index is 1.77. The van der Waals surface area contributed by atoms with Crippen LogP contribution in [0.25, 0.3) is 11.3 Å². The van der Waals surface area contributed by atoms with Crippen molar-refractivity contribution in [3.63, 3.8) is 0 Å². The first-order valence-electron chi connectivity index (χ1n) is 6.95. The Morgan fingerprint density at radius 3 is 2.96 bits per heavy atom. The fourth-order valence-electron chi connectivity index (χ4n) is 2.20. The molecule has 7 heteroatoms. The fourth-order valence-corrected chi connectivity index (χ4v) is 2.20. The monoisotopic (exact) mass is 311 g/mol. The molecule has 3 heterocycles. The van der Waals surface area contributed by atoms with Gasteiger partial charge in [0.05, 0.1) is 23.7 Å². The lowest BCUT2D eigenvalue weighted by Crippen LogP contribution is -2.23. The van der Waals surface area contributed by atoms with E-state index in [4.69, 9.17) is 0 Å². The lowest BCUT2D eigenvalue weighted by atomic mass is 10.1. The maximum atomic E-state index is 13.1. The van der Waals surface area contributed by atoms with Crippen LogP contribution in [0.5, 0.6) is 0 Å². The third-order valence-corrected chi connectivity index (χ3v) is 3.28. The third kappa shape index (κ3) is 3.39. The Hall–Kier alpha value is -3.09. The summed E-state index contributed by atoms with van der Waals surface area (Å²) >= 11 is 0. The largest absolute Gasteiger partial charge is 0.348 e. The summed E-state index contributed by atoms with van der Waals surface area (Å²) in [5.74, 6) is -0.937. The summed E-state index contributed by atoms with van der Waals surface area (Å²) in [6.45, 7) is 0.271. The number of aromatic nitrogens is 4. The highest BCUT2D eigenvalue weighted by Crippen LogP contribution is 2.20. The summed E-state index contributed by atoms with van der Waals surface area (Å²) in [6, 6.07) is 4.82. The van der Waals surface area contributed by atoms with Crippen LogP contribution in [0.4, 0.5) is 4.39 Å². The summed E-state index contributed by atoms with van der Waals surface area (Å²) < 4.78 is 14.8. The molecule has 0 fully saturated rings. The summed E-state index contributed by atoms with van der Waals surface area (Å²) in [6.07, 6.45) is 7.63. The zero-order valence-corrected chi connectivity index (χ0v) is 12.4. The van der Waals surface area contributed by atoms with Crippen molar-refractivity contribution in [2.75, 3.05) is 0 Å². The Kier molecular flexibility index (Phi) is 4.09. The van der Waals surface area contributed by atoms with Crippen LogP contribution >= 0.6 is 0 Å². The molecule has 0 unspecified atom stereocenters. The second kappa shape index (κ2) is 6.35. The van der Waals surface area contributed by atoms with Gasteiger partial charge >= 0.3 is 0 Å². The smallest absolute Gasteiger partial charge is 0.253 e. The standard InChI is InChI=1S/C16H14FN5O/c1-22-10-13(8-21-22)15-11(3-2-4-19-15)7-20-16(23)12-5-14(17)9-18-6-12/h2-6,8-10H,7H2,1H3,(H,20,23). The van der Waals surface area contributed by atoms with Gasteiger partial charge in [0.1, 0.15) is 5.82 Å². The van der Waals surface area contributed by atoms with Crippen molar-refractivity contribution in [1.82, 2.24) is 25.1 Å². The Morgan fingerprint density at radius 1 is 1.35 bits per heavy atom. The Bertz CT molecular complexity index is 846. The van der Waals surface area contributed by atoms with Crippen LogP contribution in [0.2, 0.25) is 0 Å². The average molecular weight is 311 g/mol. The van der Waals surface area contributed by atoms with Crippen LogP contribution in [0.15, 0.2) is 49.2 Å². The molecule has 0 saturated heterocycles. The van der Waals surface area contributed by atoms with Gasteiger partial charge in [0, 0.05) is 37.7 Å². The lowest BCUT2D eigenvalue weighted by molar-refractivity contribution is 0.0950. The number of nitrogens with one attached hydrogen (secondary N) is 1. The molecule has 0 radical (unpaired) electrons. The first-order chi connectivity index (χ1) is 11.1. The van der Waals surface area contributed by atoms with E-state index < -0.39 is 11.7 Å². The van der Waals surface area contributed by atoms with Crippen molar-refractivity contribution >= 4 is 5.91 Å². The van der Waals surface area contributed by atoms with Gasteiger partial charge in [0.25, 0.3) is 5.91 Å². The molecule has 3 aromatic heterocycles. The second-order valence-corrected chi connectivity index (χ2v) is 4.99. The van der Waals surface area contributed by atoms with Crippen molar-refractivity contribution in [1.29, 1.82) is 0 Å². The SMILES string of the molecule is Cn1cc(-c2ncccc2CNC(=O)c2cncc(F)c2)cn1. The number of nitrogens with zero attached hydrogens (tertiary/aromatic N) is 4. The molecule has 0 aliphatic heterocycles. The van der Waals surface area contributed by atoms with Gasteiger partial charge in [-0.1, -0.05) is 6.07 Å². The molecule has 1 N–H and O–H groups in total. The summed E-state index contributed by atoms with van der Waals surface area (Å²) in [7, 11) is 1.82. The third-order valence-electron chi connectivity index (χ3n) is 3.28. The topological polar surface area (TPSA) is 72.7 Å². The molecule has 0 aromatic carbocycles. The number of aryl methyl sites for hydroxylation is 1. The number of hydrogen-bond donors (Lipinski definition) is 1. The molecule has 0 spiro atoms. The van der Waals surface area contributed by atoms with Crippen molar-refractivity contribution in [2.24, 2.45) is 7.05 Å². The van der Waals surface area contributed by atoms with E-state index in [0.29, 0.717) is 0 Å². The minimum atomic E-state index is -0.546. The number of pyridine rings is 2. The molecular weight excluding hydrogens is 297 g/mol. The van der Waals surface area contributed by atoms with E-state index in [1.165, 1.54) is 6.20 Å². The maximum Gasteiger partial charge on any atom is 0.253 e. The lowest BCUT2D eigenvalue weighted by Gasteiger charge is -2.08. The summed E-state index contributed by atoms with van der Waals surface area (Å²) in [5.41, 5.74) is 2.64. The van der Waals surface area contributed by atoms with E-state index in [2.05, 4.69) is 20.4 Å². The van der Waals surface area contributed by atoms with Crippen molar-refractivity contribution in [3.05, 3.63) is 66.1 Å². The van der Waals surface area contributed by atoms with Crippen molar-refractivity contribution < 1.29 is 9.18 Å². The molecule has 23 heavy (non-hydrogen) atoms. The fraction of sp³-hybridized carbons (Fsp3) is 0.125. The molecule has 1 amide bonds. The first kappa shape index (κ1) is 14.8. The van der Waals surface area contributed by atoms with Crippen molar-refractivity contribution in [3.8, 4) is 11.3 Å². The number of amides is 1. The molecule has 0 bridgehead atoms. The molecule has 0 atom stereocenters. The Morgan fingerprint density at radius 2 is 2.22 bits per heavy atom. The summed E-state index contributed by atoms with van der Waals surface area (Å²) in [5, 5.41) is 6.87. The van der Waals surface area contributed by atoms with Gasteiger partial charge in [-0.25, -0.2) is 4.39 Å². The van der Waals surface area contributed by atoms with E-state index in [9.17, 15) is 9.18 Å². The molecule has 116 valence electrons. The zero-order chi connectivity index (χ0) is 16.2. The van der Waals surface area contributed by atoms with E-state index in [1.54, 1.807) is 23.1 Å². The quantitative estimate of drug-likeness (QED) is 0.799. The predicted octanol–water partition coefficient (Wildman–Crippen LogP) is 1.95. The molecule has 0 aliphatic rings. The highest BCUT2D eigenvalue weighted by atomic mass is 19.1. The molecule has 3 aromatic rings. The second-order valence-electron chi connectivity index (χ2n) is 4.99. The van der Waals surface area contributed by atoms with Gasteiger partial charge in [-0.3, -0.25) is 19.4 Å². The predicted molar refractivity (Wildman–Crippen MR) is 81.8 cm³/mol. The highest BCUT2D eigenvalue weighted by molar-refractivity contribution is 5.93. The summed E-state index contributed by atoms with van der Waals surface area (Å²) in [4.78, 5) is 20.1. The van der Waals surface area contributed by atoms with Crippen LogP contribution in [-0.4, -0.2) is 25.7 Å². The van der Waals surface area contributed by atoms with Crippen LogP contribution in [0.1, 0.15) is 15.9 Å². The van der Waals surface area contributed by atoms with Crippen LogP contribution in [0.3, 0.4) is 0 Å². The average Bonchev–Trinajstić information content (AvgIpc) is 2.99.